The SMILES string of the molecule is Cn1c([N+](=O)[O-])cnc1/C=C1/CCCS1(=O)=O. The van der Waals surface area contributed by atoms with Crippen molar-refractivity contribution in [3.63, 3.8) is 0 Å². The van der Waals surface area contributed by atoms with E-state index in [1.165, 1.54) is 17.7 Å². The number of rotatable bonds is 2. The van der Waals surface area contributed by atoms with Gasteiger partial charge in [-0.3, -0.25) is 0 Å². The van der Waals surface area contributed by atoms with Crippen LogP contribution in [-0.4, -0.2) is 28.6 Å². The number of hydrogen-bond donors (Lipinski definition) is 0. The Morgan fingerprint density at radius 1 is 1.59 bits per heavy atom. The molecule has 0 spiro atoms. The fourth-order valence-corrected chi connectivity index (χ4v) is 3.27. The summed E-state index contributed by atoms with van der Waals surface area (Å²) < 4.78 is 24.4. The number of nitro groups is 1. The molecular formula is C9H11N3O4S. The third-order valence-electron chi connectivity index (χ3n) is 2.71. The molecular weight excluding hydrogens is 246 g/mol. The van der Waals surface area contributed by atoms with E-state index in [2.05, 4.69) is 4.98 Å². The molecule has 8 heteroatoms. The van der Waals surface area contributed by atoms with Crippen LogP contribution in [0, 0.1) is 10.1 Å². The Morgan fingerprint density at radius 3 is 2.76 bits per heavy atom. The van der Waals surface area contributed by atoms with Crippen molar-refractivity contribution in [3.8, 4) is 0 Å². The van der Waals surface area contributed by atoms with E-state index in [1.54, 1.807) is 0 Å². The van der Waals surface area contributed by atoms with Crippen LogP contribution in [-0.2, 0) is 16.9 Å². The summed E-state index contributed by atoms with van der Waals surface area (Å²) in [4.78, 5) is 14.2. The summed E-state index contributed by atoms with van der Waals surface area (Å²) in [7, 11) is -1.69. The quantitative estimate of drug-likeness (QED) is 0.578. The first kappa shape index (κ1) is 11.8. The summed E-state index contributed by atoms with van der Waals surface area (Å²) in [6, 6.07) is 0. The average Bonchev–Trinajstić information content (AvgIpc) is 2.73. The van der Waals surface area contributed by atoms with E-state index < -0.39 is 14.8 Å². The first-order valence-electron chi connectivity index (χ1n) is 5.01. The Kier molecular flexibility index (Phi) is 2.74. The van der Waals surface area contributed by atoms with E-state index in [9.17, 15) is 18.5 Å². The molecule has 0 aliphatic carbocycles. The number of sulfone groups is 1. The van der Waals surface area contributed by atoms with Gasteiger partial charge >= 0.3 is 5.82 Å². The molecule has 2 heterocycles. The smallest absolute Gasteiger partial charge is 0.342 e. The highest BCUT2D eigenvalue weighted by atomic mass is 32.2. The fraction of sp³-hybridized carbons (Fsp3) is 0.444. The predicted octanol–water partition coefficient (Wildman–Crippen LogP) is 0.878. The van der Waals surface area contributed by atoms with Crippen LogP contribution in [0.5, 0.6) is 0 Å². The molecule has 0 unspecified atom stereocenters. The van der Waals surface area contributed by atoms with Gasteiger partial charge < -0.3 is 10.1 Å². The molecule has 7 nitrogen and oxygen atoms in total. The molecule has 1 aromatic heterocycles. The van der Waals surface area contributed by atoms with Crippen LogP contribution in [0.25, 0.3) is 6.08 Å². The van der Waals surface area contributed by atoms with Gasteiger partial charge in [-0.05, 0) is 17.8 Å². The second-order valence-corrected chi connectivity index (χ2v) is 5.99. The van der Waals surface area contributed by atoms with Crippen molar-refractivity contribution < 1.29 is 13.3 Å². The maximum atomic E-state index is 11.6. The number of imidazole rings is 1. The minimum atomic E-state index is -3.18. The lowest BCUT2D eigenvalue weighted by Gasteiger charge is -1.97. The molecule has 1 aromatic rings. The molecule has 0 aromatic carbocycles. The molecule has 0 atom stereocenters. The van der Waals surface area contributed by atoms with Gasteiger partial charge in [-0.1, -0.05) is 0 Å². The standard InChI is InChI=1S/C9H11N3O4S/c1-11-8(10-6-9(11)12(13)14)5-7-3-2-4-17(7,15)16/h5-6H,2-4H2,1H3/b7-5-. The lowest BCUT2D eigenvalue weighted by Crippen LogP contribution is -2.01. The normalized spacial score (nSPS) is 20.9. The van der Waals surface area contributed by atoms with Gasteiger partial charge in [0.2, 0.25) is 5.82 Å². The van der Waals surface area contributed by atoms with Crippen LogP contribution in [0.2, 0.25) is 0 Å². The highest BCUT2D eigenvalue weighted by Crippen LogP contribution is 2.26. The molecule has 1 saturated heterocycles. The number of aromatic nitrogens is 2. The Bertz CT molecular complexity index is 600. The van der Waals surface area contributed by atoms with Gasteiger partial charge in [-0.25, -0.2) is 18.0 Å². The number of hydrogen-bond acceptors (Lipinski definition) is 5. The molecule has 0 radical (unpaired) electrons. The third-order valence-corrected chi connectivity index (χ3v) is 4.66. The molecule has 1 aliphatic rings. The van der Waals surface area contributed by atoms with Gasteiger partial charge in [0.15, 0.2) is 9.84 Å². The monoisotopic (exact) mass is 257 g/mol. The van der Waals surface area contributed by atoms with Crippen LogP contribution in [0.3, 0.4) is 0 Å². The molecule has 1 fully saturated rings. The summed E-state index contributed by atoms with van der Waals surface area (Å²) >= 11 is 0. The lowest BCUT2D eigenvalue weighted by molar-refractivity contribution is -0.391. The van der Waals surface area contributed by atoms with Crippen LogP contribution >= 0.6 is 0 Å². The van der Waals surface area contributed by atoms with Gasteiger partial charge in [0, 0.05) is 6.08 Å². The molecule has 0 saturated carbocycles. The van der Waals surface area contributed by atoms with E-state index >= 15 is 0 Å². The van der Waals surface area contributed by atoms with Crippen LogP contribution in [0.4, 0.5) is 5.82 Å². The Hall–Kier alpha value is -1.70. The Labute approximate surface area is 97.8 Å². The van der Waals surface area contributed by atoms with Crippen LogP contribution in [0.1, 0.15) is 18.7 Å². The van der Waals surface area contributed by atoms with Gasteiger partial charge in [0.05, 0.1) is 17.7 Å². The highest BCUT2D eigenvalue weighted by molar-refractivity contribution is 7.95. The van der Waals surface area contributed by atoms with Crippen LogP contribution in [0.15, 0.2) is 11.1 Å². The molecule has 17 heavy (non-hydrogen) atoms. The maximum Gasteiger partial charge on any atom is 0.342 e. The summed E-state index contributed by atoms with van der Waals surface area (Å²) in [5.74, 6) is 0.273. The largest absolute Gasteiger partial charge is 0.358 e. The number of allylic oxidation sites excluding steroid dienone is 1. The highest BCUT2D eigenvalue weighted by Gasteiger charge is 2.26. The van der Waals surface area contributed by atoms with Gasteiger partial charge in [0.25, 0.3) is 0 Å². The van der Waals surface area contributed by atoms with Crippen molar-refractivity contribution in [1.29, 1.82) is 0 Å². The molecule has 2 rings (SSSR count). The zero-order chi connectivity index (χ0) is 12.6. The van der Waals surface area contributed by atoms with E-state index in [0.717, 1.165) is 6.20 Å². The first-order chi connectivity index (χ1) is 7.92. The Balaban J connectivity index is 2.44. The number of nitrogens with zero attached hydrogens (tertiary/aromatic N) is 3. The molecule has 0 N–H and O–H groups in total. The zero-order valence-electron chi connectivity index (χ0n) is 9.16. The summed E-state index contributed by atoms with van der Waals surface area (Å²) in [5, 5.41) is 10.6. The van der Waals surface area contributed by atoms with E-state index in [4.69, 9.17) is 0 Å². The fourth-order valence-electron chi connectivity index (χ4n) is 1.75. The lowest BCUT2D eigenvalue weighted by atomic mass is 10.3. The summed E-state index contributed by atoms with van der Waals surface area (Å²) in [6.07, 6.45) is 3.60. The maximum absolute atomic E-state index is 11.6. The molecule has 0 amide bonds. The van der Waals surface area contributed by atoms with Gasteiger partial charge in [-0.15, -0.1) is 0 Å². The summed E-state index contributed by atoms with van der Waals surface area (Å²) in [6.45, 7) is 0. The zero-order valence-corrected chi connectivity index (χ0v) is 9.98. The van der Waals surface area contributed by atoms with Crippen molar-refractivity contribution in [2.75, 3.05) is 5.75 Å². The predicted molar refractivity (Wildman–Crippen MR) is 60.9 cm³/mol. The van der Waals surface area contributed by atoms with Crippen LogP contribution < -0.4 is 0 Å². The third kappa shape index (κ3) is 2.07. The second kappa shape index (κ2) is 3.95. The van der Waals surface area contributed by atoms with Crippen molar-refractivity contribution >= 4 is 21.7 Å². The van der Waals surface area contributed by atoms with Crippen molar-refractivity contribution in [2.24, 2.45) is 7.05 Å². The van der Waals surface area contributed by atoms with Gasteiger partial charge in [0.1, 0.15) is 6.20 Å². The van der Waals surface area contributed by atoms with E-state index in [0.29, 0.717) is 17.7 Å². The van der Waals surface area contributed by atoms with Crippen molar-refractivity contribution in [3.05, 3.63) is 27.0 Å². The van der Waals surface area contributed by atoms with E-state index in [-0.39, 0.29) is 17.4 Å². The first-order valence-corrected chi connectivity index (χ1v) is 6.66. The minimum Gasteiger partial charge on any atom is -0.358 e. The van der Waals surface area contributed by atoms with Crippen molar-refractivity contribution in [2.45, 2.75) is 12.8 Å². The topological polar surface area (TPSA) is 95.1 Å². The molecule has 1 aliphatic heterocycles. The van der Waals surface area contributed by atoms with Gasteiger partial charge in [-0.2, -0.15) is 0 Å². The second-order valence-electron chi connectivity index (χ2n) is 3.82. The molecule has 92 valence electrons. The van der Waals surface area contributed by atoms with Crippen molar-refractivity contribution in [1.82, 2.24) is 9.55 Å². The summed E-state index contributed by atoms with van der Waals surface area (Å²) in [5.41, 5.74) is 0. The van der Waals surface area contributed by atoms with E-state index in [1.807, 2.05) is 0 Å². The average molecular weight is 257 g/mol. The minimum absolute atomic E-state index is 0.144. The Morgan fingerprint density at radius 2 is 2.29 bits per heavy atom. The molecule has 0 bridgehead atoms.